The van der Waals surface area contributed by atoms with Crippen molar-refractivity contribution in [2.24, 2.45) is 0 Å². The molecule has 0 aliphatic carbocycles. The number of rotatable bonds is 2. The summed E-state index contributed by atoms with van der Waals surface area (Å²) in [4.78, 5) is 3.77. The van der Waals surface area contributed by atoms with Gasteiger partial charge >= 0.3 is 0 Å². The number of hydrogen-bond donors (Lipinski definition) is 1. The van der Waals surface area contributed by atoms with Crippen LogP contribution in [-0.2, 0) is 0 Å². The van der Waals surface area contributed by atoms with Crippen LogP contribution in [0.2, 0.25) is 0 Å². The summed E-state index contributed by atoms with van der Waals surface area (Å²) in [5.74, 6) is -0.319. The number of furan rings is 1. The maximum atomic E-state index is 13.3. The SMILES string of the molecule is OC(c1ncccc1F)c1occc1Br. The second-order valence-electron chi connectivity index (χ2n) is 2.91. The number of aliphatic hydroxyl groups is 1. The largest absolute Gasteiger partial charge is 0.465 e. The van der Waals surface area contributed by atoms with Crippen LogP contribution in [0.4, 0.5) is 4.39 Å². The first-order chi connectivity index (χ1) is 7.20. The highest BCUT2D eigenvalue weighted by atomic mass is 79.9. The molecular formula is C10H7BrFNO2. The molecule has 0 aliphatic heterocycles. The summed E-state index contributed by atoms with van der Waals surface area (Å²) in [6.07, 6.45) is 1.62. The molecule has 2 rings (SSSR count). The second-order valence-corrected chi connectivity index (χ2v) is 3.76. The zero-order valence-electron chi connectivity index (χ0n) is 7.52. The highest BCUT2D eigenvalue weighted by Crippen LogP contribution is 2.29. The van der Waals surface area contributed by atoms with E-state index in [9.17, 15) is 9.50 Å². The molecule has 0 spiro atoms. The summed E-state index contributed by atoms with van der Waals surface area (Å²) >= 11 is 3.18. The first-order valence-corrected chi connectivity index (χ1v) is 5.01. The average Bonchev–Trinajstić information content (AvgIpc) is 2.64. The zero-order valence-corrected chi connectivity index (χ0v) is 9.11. The molecule has 0 bridgehead atoms. The van der Waals surface area contributed by atoms with Crippen LogP contribution in [0.5, 0.6) is 0 Å². The third-order valence-electron chi connectivity index (χ3n) is 1.94. The Labute approximate surface area is 93.7 Å². The lowest BCUT2D eigenvalue weighted by molar-refractivity contribution is 0.178. The van der Waals surface area contributed by atoms with Crippen molar-refractivity contribution >= 4 is 15.9 Å². The van der Waals surface area contributed by atoms with Crippen LogP contribution in [0.1, 0.15) is 17.6 Å². The minimum atomic E-state index is -1.20. The summed E-state index contributed by atoms with van der Waals surface area (Å²) in [5.41, 5.74) is -0.0480. The fraction of sp³-hybridized carbons (Fsp3) is 0.100. The Morgan fingerprint density at radius 2 is 2.27 bits per heavy atom. The molecule has 0 fully saturated rings. The first kappa shape index (κ1) is 10.3. The van der Waals surface area contributed by atoms with Gasteiger partial charge in [-0.1, -0.05) is 0 Å². The van der Waals surface area contributed by atoms with Crippen LogP contribution in [0.15, 0.2) is 39.5 Å². The Morgan fingerprint density at radius 3 is 2.87 bits per heavy atom. The minimum absolute atomic E-state index is 0.0480. The Hall–Kier alpha value is -1.20. The van der Waals surface area contributed by atoms with Gasteiger partial charge in [-0.25, -0.2) is 4.39 Å². The van der Waals surface area contributed by atoms with Crippen molar-refractivity contribution < 1.29 is 13.9 Å². The molecule has 0 aromatic carbocycles. The number of halogens is 2. The van der Waals surface area contributed by atoms with Crippen molar-refractivity contribution in [2.45, 2.75) is 6.10 Å². The third kappa shape index (κ3) is 1.93. The monoisotopic (exact) mass is 271 g/mol. The van der Waals surface area contributed by atoms with Crippen LogP contribution in [-0.4, -0.2) is 10.1 Å². The summed E-state index contributed by atoms with van der Waals surface area (Å²) in [5, 5.41) is 9.82. The molecule has 15 heavy (non-hydrogen) atoms. The van der Waals surface area contributed by atoms with Crippen molar-refractivity contribution in [3.63, 3.8) is 0 Å². The van der Waals surface area contributed by atoms with E-state index < -0.39 is 11.9 Å². The molecule has 2 aromatic rings. The molecule has 0 saturated carbocycles. The van der Waals surface area contributed by atoms with E-state index in [4.69, 9.17) is 4.42 Å². The maximum Gasteiger partial charge on any atom is 0.157 e. The van der Waals surface area contributed by atoms with Crippen LogP contribution in [0.25, 0.3) is 0 Å². The molecule has 0 amide bonds. The van der Waals surface area contributed by atoms with Crippen LogP contribution < -0.4 is 0 Å². The van der Waals surface area contributed by atoms with Gasteiger partial charge in [0.1, 0.15) is 11.5 Å². The van der Waals surface area contributed by atoms with Gasteiger partial charge in [0.05, 0.1) is 10.7 Å². The number of aliphatic hydroxyl groups excluding tert-OH is 1. The highest BCUT2D eigenvalue weighted by molar-refractivity contribution is 9.10. The molecule has 78 valence electrons. The molecule has 5 heteroatoms. The Bertz CT molecular complexity index is 472. The van der Waals surface area contributed by atoms with Gasteiger partial charge in [-0.05, 0) is 34.1 Å². The molecule has 0 saturated heterocycles. The molecule has 1 unspecified atom stereocenters. The van der Waals surface area contributed by atoms with E-state index >= 15 is 0 Å². The van der Waals surface area contributed by atoms with Crippen LogP contribution in [0.3, 0.4) is 0 Å². The fourth-order valence-electron chi connectivity index (χ4n) is 1.22. The van der Waals surface area contributed by atoms with Crippen molar-refractivity contribution in [3.8, 4) is 0 Å². The van der Waals surface area contributed by atoms with Gasteiger partial charge in [0, 0.05) is 6.20 Å². The van der Waals surface area contributed by atoms with Gasteiger partial charge in [0.25, 0.3) is 0 Å². The fourth-order valence-corrected chi connectivity index (χ4v) is 1.64. The van der Waals surface area contributed by atoms with Crippen molar-refractivity contribution in [3.05, 3.63) is 52.4 Å². The summed E-state index contributed by atoms with van der Waals surface area (Å²) in [7, 11) is 0. The standard InChI is InChI=1S/C10H7BrFNO2/c11-6-3-5-15-10(6)9(14)8-7(12)2-1-4-13-8/h1-5,9,14H. The zero-order chi connectivity index (χ0) is 10.8. The lowest BCUT2D eigenvalue weighted by Gasteiger charge is -2.08. The van der Waals surface area contributed by atoms with Crippen LogP contribution in [0, 0.1) is 5.82 Å². The lowest BCUT2D eigenvalue weighted by atomic mass is 10.2. The summed E-state index contributed by atoms with van der Waals surface area (Å²) < 4.78 is 18.9. The van der Waals surface area contributed by atoms with Crippen molar-refractivity contribution in [1.82, 2.24) is 4.98 Å². The van der Waals surface area contributed by atoms with E-state index in [-0.39, 0.29) is 11.5 Å². The predicted octanol–water partition coefficient (Wildman–Crippen LogP) is 2.66. The normalized spacial score (nSPS) is 12.7. The second kappa shape index (κ2) is 4.12. The molecule has 0 radical (unpaired) electrons. The quantitative estimate of drug-likeness (QED) is 0.914. The molecule has 1 atom stereocenters. The highest BCUT2D eigenvalue weighted by Gasteiger charge is 2.21. The van der Waals surface area contributed by atoms with Gasteiger partial charge in [0.2, 0.25) is 0 Å². The third-order valence-corrected chi connectivity index (χ3v) is 2.59. The molecule has 2 aromatic heterocycles. The van der Waals surface area contributed by atoms with Crippen molar-refractivity contribution in [2.75, 3.05) is 0 Å². The lowest BCUT2D eigenvalue weighted by Crippen LogP contribution is -2.04. The van der Waals surface area contributed by atoms with E-state index in [0.29, 0.717) is 4.47 Å². The minimum Gasteiger partial charge on any atom is -0.465 e. The smallest absolute Gasteiger partial charge is 0.157 e. The van der Waals surface area contributed by atoms with E-state index in [1.807, 2.05) is 0 Å². The van der Waals surface area contributed by atoms with Crippen molar-refractivity contribution in [1.29, 1.82) is 0 Å². The van der Waals surface area contributed by atoms with Gasteiger partial charge in [-0.3, -0.25) is 4.98 Å². The van der Waals surface area contributed by atoms with Gasteiger partial charge in [0.15, 0.2) is 11.9 Å². The van der Waals surface area contributed by atoms with Gasteiger partial charge < -0.3 is 9.52 Å². The molecule has 2 heterocycles. The Kier molecular flexibility index (Phi) is 2.83. The molecule has 0 aliphatic rings. The number of pyridine rings is 1. The van der Waals surface area contributed by atoms with Crippen LogP contribution >= 0.6 is 15.9 Å². The summed E-state index contributed by atoms with van der Waals surface area (Å²) in [6, 6.07) is 4.32. The Balaban J connectivity index is 2.41. The van der Waals surface area contributed by atoms with Gasteiger partial charge in [-0.15, -0.1) is 0 Å². The molecular weight excluding hydrogens is 265 g/mol. The maximum absolute atomic E-state index is 13.3. The van der Waals surface area contributed by atoms with Gasteiger partial charge in [-0.2, -0.15) is 0 Å². The number of hydrogen-bond acceptors (Lipinski definition) is 3. The van der Waals surface area contributed by atoms with E-state index in [1.54, 1.807) is 6.07 Å². The van der Waals surface area contributed by atoms with E-state index in [2.05, 4.69) is 20.9 Å². The molecule has 1 N–H and O–H groups in total. The first-order valence-electron chi connectivity index (χ1n) is 4.21. The topological polar surface area (TPSA) is 46.3 Å². The van der Waals surface area contributed by atoms with E-state index in [1.165, 1.54) is 24.6 Å². The molecule has 3 nitrogen and oxygen atoms in total. The van der Waals surface area contributed by atoms with E-state index in [0.717, 1.165) is 0 Å². The Morgan fingerprint density at radius 1 is 1.47 bits per heavy atom. The number of aromatic nitrogens is 1. The number of nitrogens with zero attached hydrogens (tertiary/aromatic N) is 1. The summed E-state index contributed by atoms with van der Waals surface area (Å²) in [6.45, 7) is 0. The average molecular weight is 272 g/mol. The predicted molar refractivity (Wildman–Crippen MR) is 54.7 cm³/mol.